The highest BCUT2D eigenvalue weighted by Gasteiger charge is 2.15. The number of halogens is 2. The van der Waals surface area contributed by atoms with Gasteiger partial charge in [-0.15, -0.1) is 0 Å². The second kappa shape index (κ2) is 7.84. The third-order valence-electron chi connectivity index (χ3n) is 3.60. The molecule has 26 heavy (non-hydrogen) atoms. The van der Waals surface area contributed by atoms with Crippen LogP contribution in [-0.4, -0.2) is 11.8 Å². The Morgan fingerprint density at radius 3 is 2.42 bits per heavy atom. The van der Waals surface area contributed by atoms with Gasteiger partial charge in [-0.3, -0.25) is 9.59 Å². The molecule has 0 unspecified atom stereocenters. The zero-order chi connectivity index (χ0) is 18.5. The smallest absolute Gasteiger partial charge is 0.291 e. The number of hydrogen-bond acceptors (Lipinski definition) is 3. The molecule has 0 saturated heterocycles. The Morgan fingerprint density at radius 1 is 1.00 bits per heavy atom. The van der Waals surface area contributed by atoms with Crippen molar-refractivity contribution in [1.29, 1.82) is 0 Å². The minimum Gasteiger partial charge on any atom is -0.459 e. The molecule has 1 aromatic heterocycles. The Labute approximate surface area is 153 Å². The van der Waals surface area contributed by atoms with E-state index in [1.54, 1.807) is 36.4 Å². The Kier molecular flexibility index (Phi) is 5.34. The van der Waals surface area contributed by atoms with E-state index in [1.165, 1.54) is 24.5 Å². The lowest BCUT2D eigenvalue weighted by atomic mass is 10.1. The van der Waals surface area contributed by atoms with Crippen LogP contribution in [-0.2, 0) is 6.54 Å². The molecule has 0 bridgehead atoms. The predicted molar refractivity (Wildman–Crippen MR) is 95.7 cm³/mol. The van der Waals surface area contributed by atoms with E-state index in [2.05, 4.69) is 10.6 Å². The van der Waals surface area contributed by atoms with Gasteiger partial charge in [-0.1, -0.05) is 29.8 Å². The van der Waals surface area contributed by atoms with E-state index >= 15 is 0 Å². The number of hydrogen-bond donors (Lipinski definition) is 2. The summed E-state index contributed by atoms with van der Waals surface area (Å²) >= 11 is 5.87. The second-order valence-corrected chi connectivity index (χ2v) is 5.81. The average molecular weight is 373 g/mol. The Bertz CT molecular complexity index is 904. The van der Waals surface area contributed by atoms with Gasteiger partial charge in [-0.2, -0.15) is 0 Å². The molecule has 1 heterocycles. The fourth-order valence-corrected chi connectivity index (χ4v) is 2.54. The van der Waals surface area contributed by atoms with Gasteiger partial charge in [0.15, 0.2) is 5.76 Å². The summed E-state index contributed by atoms with van der Waals surface area (Å²) < 4.78 is 18.7. The molecule has 3 rings (SSSR count). The fourth-order valence-electron chi connectivity index (χ4n) is 2.29. The molecule has 0 aliphatic carbocycles. The number of benzene rings is 2. The lowest BCUT2D eigenvalue weighted by Gasteiger charge is -2.09. The monoisotopic (exact) mass is 372 g/mol. The molecule has 0 saturated carbocycles. The van der Waals surface area contributed by atoms with E-state index in [-0.39, 0.29) is 28.8 Å². The topological polar surface area (TPSA) is 71.3 Å². The summed E-state index contributed by atoms with van der Waals surface area (Å²) in [6, 6.07) is 14.1. The summed E-state index contributed by atoms with van der Waals surface area (Å²) in [6.07, 6.45) is 1.42. The van der Waals surface area contributed by atoms with Crippen molar-refractivity contribution in [2.75, 3.05) is 5.32 Å². The minimum absolute atomic E-state index is 0.0542. The molecule has 3 aromatic rings. The van der Waals surface area contributed by atoms with Crippen LogP contribution in [0.4, 0.5) is 10.1 Å². The van der Waals surface area contributed by atoms with Crippen molar-refractivity contribution in [2.45, 2.75) is 6.54 Å². The van der Waals surface area contributed by atoms with E-state index in [4.69, 9.17) is 16.0 Å². The molecule has 2 amide bonds. The van der Waals surface area contributed by atoms with Crippen molar-refractivity contribution in [3.8, 4) is 0 Å². The first-order chi connectivity index (χ1) is 12.5. The number of anilines is 1. The van der Waals surface area contributed by atoms with Crippen LogP contribution in [0.1, 0.15) is 26.5 Å². The molecule has 2 aromatic carbocycles. The average Bonchev–Trinajstić information content (AvgIpc) is 3.16. The summed E-state index contributed by atoms with van der Waals surface area (Å²) in [5, 5.41) is 5.36. The summed E-state index contributed by atoms with van der Waals surface area (Å²) in [4.78, 5) is 24.0. The largest absolute Gasteiger partial charge is 0.459 e. The van der Waals surface area contributed by atoms with E-state index in [0.717, 1.165) is 5.56 Å². The van der Waals surface area contributed by atoms with Crippen molar-refractivity contribution >= 4 is 29.1 Å². The van der Waals surface area contributed by atoms with Gasteiger partial charge in [0.05, 0.1) is 16.8 Å². The van der Waals surface area contributed by atoms with Crippen molar-refractivity contribution < 1.29 is 18.4 Å². The molecule has 0 fully saturated rings. The molecule has 132 valence electrons. The maximum atomic E-state index is 13.7. The Morgan fingerprint density at radius 2 is 1.77 bits per heavy atom. The normalized spacial score (nSPS) is 10.4. The molecular weight excluding hydrogens is 359 g/mol. The standard InChI is InChI=1S/C19H14ClFN2O3/c20-14-3-1-4-15(21)17(14)19(25)22-11-12-6-8-13(9-7-12)23-18(24)16-5-2-10-26-16/h1-10H,11H2,(H,22,25)(H,23,24). The lowest BCUT2D eigenvalue weighted by Crippen LogP contribution is -2.24. The SMILES string of the molecule is O=C(Nc1ccc(CNC(=O)c2c(F)cccc2Cl)cc1)c1ccco1. The quantitative estimate of drug-likeness (QED) is 0.703. The van der Waals surface area contributed by atoms with E-state index in [1.807, 2.05) is 0 Å². The fraction of sp³-hybridized carbons (Fsp3) is 0.0526. The van der Waals surface area contributed by atoms with Crippen LogP contribution in [0.25, 0.3) is 0 Å². The predicted octanol–water partition coefficient (Wildman–Crippen LogP) is 4.25. The molecule has 5 nitrogen and oxygen atoms in total. The van der Waals surface area contributed by atoms with Gasteiger partial charge in [-0.05, 0) is 42.0 Å². The van der Waals surface area contributed by atoms with E-state index in [0.29, 0.717) is 5.69 Å². The van der Waals surface area contributed by atoms with Gasteiger partial charge in [0.2, 0.25) is 0 Å². The highest BCUT2D eigenvalue weighted by molar-refractivity contribution is 6.33. The van der Waals surface area contributed by atoms with Crippen LogP contribution in [0, 0.1) is 5.82 Å². The molecular formula is C19H14ClFN2O3. The summed E-state index contributed by atoms with van der Waals surface area (Å²) in [5.41, 5.74) is 1.18. The van der Waals surface area contributed by atoms with Crippen LogP contribution in [0.5, 0.6) is 0 Å². The summed E-state index contributed by atoms with van der Waals surface area (Å²) in [6.45, 7) is 0.190. The van der Waals surface area contributed by atoms with Crippen LogP contribution >= 0.6 is 11.6 Å². The second-order valence-electron chi connectivity index (χ2n) is 5.41. The van der Waals surface area contributed by atoms with Gasteiger partial charge in [-0.25, -0.2) is 4.39 Å². The maximum absolute atomic E-state index is 13.7. The van der Waals surface area contributed by atoms with Crippen molar-refractivity contribution in [1.82, 2.24) is 5.32 Å². The van der Waals surface area contributed by atoms with Gasteiger partial charge < -0.3 is 15.1 Å². The maximum Gasteiger partial charge on any atom is 0.291 e. The number of furan rings is 1. The van der Waals surface area contributed by atoms with Gasteiger partial charge in [0.25, 0.3) is 11.8 Å². The lowest BCUT2D eigenvalue weighted by molar-refractivity contribution is 0.0946. The van der Waals surface area contributed by atoms with Crippen LogP contribution in [0.15, 0.2) is 65.3 Å². The molecule has 0 aliphatic rings. The number of carbonyl (C=O) groups excluding carboxylic acids is 2. The van der Waals surface area contributed by atoms with Crippen molar-refractivity contribution in [3.63, 3.8) is 0 Å². The van der Waals surface area contributed by atoms with Gasteiger partial charge in [0.1, 0.15) is 5.82 Å². The number of rotatable bonds is 5. The first-order valence-electron chi connectivity index (χ1n) is 7.70. The number of amides is 2. The highest BCUT2D eigenvalue weighted by atomic mass is 35.5. The molecule has 7 heteroatoms. The van der Waals surface area contributed by atoms with Gasteiger partial charge in [0, 0.05) is 12.2 Å². The van der Waals surface area contributed by atoms with Crippen LogP contribution in [0.3, 0.4) is 0 Å². The summed E-state index contributed by atoms with van der Waals surface area (Å²) in [5.74, 6) is -1.41. The first-order valence-corrected chi connectivity index (χ1v) is 8.08. The highest BCUT2D eigenvalue weighted by Crippen LogP contribution is 2.19. The third-order valence-corrected chi connectivity index (χ3v) is 3.91. The molecule has 0 atom stereocenters. The molecule has 0 spiro atoms. The van der Waals surface area contributed by atoms with Gasteiger partial charge >= 0.3 is 0 Å². The molecule has 2 N–H and O–H groups in total. The zero-order valence-electron chi connectivity index (χ0n) is 13.5. The first kappa shape index (κ1) is 17.7. The van der Waals surface area contributed by atoms with Crippen LogP contribution < -0.4 is 10.6 Å². The van der Waals surface area contributed by atoms with E-state index < -0.39 is 11.7 Å². The number of carbonyl (C=O) groups is 2. The zero-order valence-corrected chi connectivity index (χ0v) is 14.2. The Hall–Kier alpha value is -3.12. The Balaban J connectivity index is 1.59. The third kappa shape index (κ3) is 4.10. The summed E-state index contributed by atoms with van der Waals surface area (Å²) in [7, 11) is 0. The van der Waals surface area contributed by atoms with E-state index in [9.17, 15) is 14.0 Å². The molecule has 0 radical (unpaired) electrons. The van der Waals surface area contributed by atoms with Crippen LogP contribution in [0.2, 0.25) is 5.02 Å². The number of nitrogens with one attached hydrogen (secondary N) is 2. The molecule has 0 aliphatic heterocycles. The minimum atomic E-state index is -0.675. The van der Waals surface area contributed by atoms with Crippen molar-refractivity contribution in [2.24, 2.45) is 0 Å². The van der Waals surface area contributed by atoms with Crippen molar-refractivity contribution in [3.05, 3.63) is 88.6 Å².